The Kier molecular flexibility index (Phi) is 25.7. The maximum absolute atomic E-state index is 14.5. The highest BCUT2D eigenvalue weighted by Gasteiger charge is 2.45. The number of aromatic amines is 1. The number of benzene rings is 1. The Hall–Kier alpha value is -6.49. The number of nitrogens with zero attached hydrogens (tertiary/aromatic N) is 3. The van der Waals surface area contributed by atoms with Gasteiger partial charge in [0.2, 0.25) is 53.2 Å². The molecule has 0 unspecified atom stereocenters. The minimum absolute atomic E-state index is 0.0300. The van der Waals surface area contributed by atoms with Crippen LogP contribution in [0, 0.1) is 5.92 Å². The zero-order valence-corrected chi connectivity index (χ0v) is 48.7. The second-order valence-electron chi connectivity index (χ2n) is 21.4. The second kappa shape index (κ2) is 31.8. The Morgan fingerprint density at radius 2 is 1.11 bits per heavy atom. The van der Waals surface area contributed by atoms with Crippen LogP contribution in [0.3, 0.4) is 0 Å². The fourth-order valence-corrected chi connectivity index (χ4v) is 11.5. The molecule has 5 rings (SSSR count). The first-order chi connectivity index (χ1) is 39.0. The van der Waals surface area contributed by atoms with Gasteiger partial charge in [-0.15, -0.1) is 0 Å². The molecule has 2 aromatic rings. The van der Waals surface area contributed by atoms with Gasteiger partial charge in [-0.05, 0) is 119 Å². The van der Waals surface area contributed by atoms with Gasteiger partial charge in [-0.1, -0.05) is 32.0 Å². The quantitative estimate of drug-likeness (QED) is 0.0422. The number of aliphatic hydroxyl groups is 2. The van der Waals surface area contributed by atoms with E-state index in [0.717, 1.165) is 21.4 Å². The van der Waals surface area contributed by atoms with Crippen molar-refractivity contribution >= 4 is 99.5 Å². The van der Waals surface area contributed by atoms with Gasteiger partial charge in [-0.3, -0.25) is 47.9 Å². The van der Waals surface area contributed by atoms with Gasteiger partial charge in [0, 0.05) is 43.2 Å². The van der Waals surface area contributed by atoms with E-state index in [2.05, 4.69) is 36.9 Å². The van der Waals surface area contributed by atoms with Crippen LogP contribution < -0.4 is 37.6 Å². The highest BCUT2D eigenvalue weighted by Crippen LogP contribution is 2.25. The first-order valence-corrected chi connectivity index (χ1v) is 30.6. The fourth-order valence-electron chi connectivity index (χ4n) is 10.5. The number of rotatable bonds is 31. The summed E-state index contributed by atoms with van der Waals surface area (Å²) in [5.74, 6) is -8.76. The van der Waals surface area contributed by atoms with Crippen LogP contribution >= 0.6 is 23.5 Å². The summed E-state index contributed by atoms with van der Waals surface area (Å²) < 4.78 is 0. The number of H-pyrrole nitrogens is 1. The predicted octanol–water partition coefficient (Wildman–Crippen LogP) is -1.21. The Labute approximate surface area is 484 Å². The topological polar surface area (TPSA) is 392 Å². The van der Waals surface area contributed by atoms with Crippen molar-refractivity contribution < 1.29 is 73.2 Å². The molecule has 0 radical (unpaired) electrons. The van der Waals surface area contributed by atoms with E-state index in [1.54, 1.807) is 6.20 Å². The van der Waals surface area contributed by atoms with Gasteiger partial charge >= 0.3 is 11.9 Å². The van der Waals surface area contributed by atoms with E-state index in [1.165, 1.54) is 40.2 Å². The number of aliphatic carboxylic acids is 2. The van der Waals surface area contributed by atoms with Crippen LogP contribution in [0.15, 0.2) is 30.5 Å². The number of carbonyl (C=O) groups excluding carboxylic acids is 9. The summed E-state index contributed by atoms with van der Waals surface area (Å²) in [5.41, 5.74) is 7.94. The SMILES string of the molecule is CSCC[C@H](NC(=O)[C@@H]1CCCN1C(=O)[C@H](CCSC)NC(=O)[C@@H]1CCCN1C(=O)[C@H](CCC(=O)O)NC(=O)[C@@H]1CCCN1C(=O)[C@@H](NC(=O)[C@H](CO)NC(=O)[C@H](CC(C)C)NC(=O)[C@@H](N)Cc1c[nH]c2ccccc12)[C@@H](C)O)C(=O)O. The van der Waals surface area contributed by atoms with Gasteiger partial charge in [0.1, 0.15) is 54.4 Å². The number of carbonyl (C=O) groups is 11. The molecule has 1 aromatic carbocycles. The molecule has 9 amide bonds. The third-order valence-corrected chi connectivity index (χ3v) is 16.2. The summed E-state index contributed by atoms with van der Waals surface area (Å²) in [7, 11) is 0. The summed E-state index contributed by atoms with van der Waals surface area (Å²) in [6.07, 6.45) is 4.87. The van der Waals surface area contributed by atoms with Crippen molar-refractivity contribution in [2.45, 2.75) is 164 Å². The lowest BCUT2D eigenvalue weighted by Crippen LogP contribution is -2.62. The lowest BCUT2D eigenvalue weighted by molar-refractivity contribution is -0.147. The molecule has 3 saturated heterocycles. The average Bonchev–Trinajstić information content (AvgIpc) is 4.43. The molecule has 0 aliphatic carbocycles. The number of para-hydroxylation sites is 1. The van der Waals surface area contributed by atoms with Crippen molar-refractivity contribution in [3.8, 4) is 0 Å². The number of carboxylic acids is 2. The largest absolute Gasteiger partial charge is 0.481 e. The van der Waals surface area contributed by atoms with Crippen molar-refractivity contribution in [3.63, 3.8) is 0 Å². The molecule has 3 aliphatic heterocycles. The molecule has 4 heterocycles. The number of nitrogens with one attached hydrogen (secondary N) is 7. The van der Waals surface area contributed by atoms with Crippen LogP contribution in [0.2, 0.25) is 0 Å². The molecular weight excluding hydrogens is 1110 g/mol. The molecule has 0 spiro atoms. The van der Waals surface area contributed by atoms with Crippen LogP contribution in [-0.4, -0.2) is 222 Å². The van der Waals surface area contributed by atoms with Crippen LogP contribution in [0.1, 0.15) is 97.0 Å². The number of nitrogens with two attached hydrogens (primary N) is 1. The normalized spacial score (nSPS) is 20.0. The molecule has 82 heavy (non-hydrogen) atoms. The summed E-state index contributed by atoms with van der Waals surface area (Å²) in [5, 5.41) is 56.9. The first-order valence-electron chi connectivity index (χ1n) is 27.8. The highest BCUT2D eigenvalue weighted by molar-refractivity contribution is 7.98. The number of carboxylic acid groups (broad SMARTS) is 2. The highest BCUT2D eigenvalue weighted by atomic mass is 32.2. The van der Waals surface area contributed by atoms with Gasteiger partial charge in [-0.2, -0.15) is 23.5 Å². The number of amides is 9. The molecular formula is C54H81N11O15S2. The minimum Gasteiger partial charge on any atom is -0.481 e. The third kappa shape index (κ3) is 18.0. The van der Waals surface area contributed by atoms with Gasteiger partial charge < -0.3 is 77.7 Å². The van der Waals surface area contributed by atoms with E-state index in [4.69, 9.17) is 5.73 Å². The van der Waals surface area contributed by atoms with Crippen LogP contribution in [0.5, 0.6) is 0 Å². The van der Waals surface area contributed by atoms with Gasteiger partial charge in [0.05, 0.1) is 18.8 Å². The Morgan fingerprint density at radius 3 is 1.60 bits per heavy atom. The summed E-state index contributed by atoms with van der Waals surface area (Å²) >= 11 is 2.83. The molecule has 13 N–H and O–H groups in total. The molecule has 1 aromatic heterocycles. The minimum atomic E-state index is -1.73. The number of hydrogen-bond donors (Lipinski definition) is 12. The van der Waals surface area contributed by atoms with Gasteiger partial charge in [-0.25, -0.2) is 4.79 Å². The summed E-state index contributed by atoms with van der Waals surface area (Å²) in [6, 6.07) is -5.45. The number of fused-ring (bicyclic) bond motifs is 1. The second-order valence-corrected chi connectivity index (χ2v) is 23.4. The molecule has 454 valence electrons. The standard InChI is InChI=1S/C54H81N11O15S2/c1-29(2)25-38(60-45(70)33(55)26-31-27-56-34-12-7-6-11-32(31)34)46(71)61-39(28-66)47(72)62-44(30(3)67)53(78)65-22-10-15-42(65)49(74)57-35(16-17-43(68)69)51(76)63-20-8-13-40(63)48(73)58-36(18-23-81-4)52(77)64-21-9-14-41(64)50(75)59-37(54(79)80)19-24-82-5/h6-7,11-12,27,29-30,33,35-42,44,56,66-67H,8-10,13-26,28,55H2,1-5H3,(H,57,74)(H,58,73)(H,59,75)(H,60,70)(H,61,71)(H,62,72)(H,68,69)(H,79,80)/t30-,33+,35+,36+,37+,38+,39+,40+,41+,42+,44+/m1/s1. The lowest BCUT2D eigenvalue weighted by atomic mass is 10.0. The van der Waals surface area contributed by atoms with Crippen LogP contribution in [0.25, 0.3) is 10.9 Å². The van der Waals surface area contributed by atoms with Crippen molar-refractivity contribution in [2.24, 2.45) is 11.7 Å². The number of thioether (sulfide) groups is 2. The van der Waals surface area contributed by atoms with E-state index >= 15 is 0 Å². The smallest absolute Gasteiger partial charge is 0.326 e. The third-order valence-electron chi connectivity index (χ3n) is 14.9. The zero-order chi connectivity index (χ0) is 60.4. The Bertz CT molecular complexity index is 2610. The molecule has 0 saturated carbocycles. The fraction of sp³-hybridized carbons (Fsp3) is 0.648. The number of aromatic nitrogens is 1. The molecule has 26 nitrogen and oxygen atoms in total. The van der Waals surface area contributed by atoms with Crippen molar-refractivity contribution in [3.05, 3.63) is 36.0 Å². The van der Waals surface area contributed by atoms with E-state index in [1.807, 2.05) is 50.6 Å². The molecule has 3 fully saturated rings. The Morgan fingerprint density at radius 1 is 0.634 bits per heavy atom. The summed E-state index contributed by atoms with van der Waals surface area (Å²) in [6.45, 7) is 4.02. The van der Waals surface area contributed by atoms with E-state index in [0.29, 0.717) is 24.3 Å². The number of aliphatic hydroxyl groups excluding tert-OH is 2. The average molecular weight is 1190 g/mol. The molecule has 3 aliphatic rings. The van der Waals surface area contributed by atoms with Crippen molar-refractivity contribution in [2.75, 3.05) is 50.3 Å². The van der Waals surface area contributed by atoms with Crippen molar-refractivity contribution in [1.29, 1.82) is 0 Å². The molecule has 0 bridgehead atoms. The molecule has 11 atom stereocenters. The van der Waals surface area contributed by atoms with E-state index in [-0.39, 0.29) is 76.9 Å². The van der Waals surface area contributed by atoms with Crippen LogP contribution in [0.4, 0.5) is 0 Å². The van der Waals surface area contributed by atoms with Crippen molar-refractivity contribution in [1.82, 2.24) is 51.6 Å². The monoisotopic (exact) mass is 1190 g/mol. The van der Waals surface area contributed by atoms with Crippen LogP contribution in [-0.2, 0) is 59.2 Å². The van der Waals surface area contributed by atoms with E-state index < -0.39 is 151 Å². The first kappa shape index (κ1) is 66.3. The molecule has 28 heteroatoms. The summed E-state index contributed by atoms with van der Waals surface area (Å²) in [4.78, 5) is 156. The van der Waals surface area contributed by atoms with Gasteiger partial charge in [0.25, 0.3) is 0 Å². The number of hydrogen-bond acceptors (Lipinski definition) is 16. The van der Waals surface area contributed by atoms with Gasteiger partial charge in [0.15, 0.2) is 0 Å². The predicted molar refractivity (Wildman–Crippen MR) is 304 cm³/mol. The van der Waals surface area contributed by atoms with E-state index in [9.17, 15) is 73.2 Å². The lowest BCUT2D eigenvalue weighted by Gasteiger charge is -2.33. The zero-order valence-electron chi connectivity index (χ0n) is 47.1. The Balaban J connectivity index is 1.24. The maximum Gasteiger partial charge on any atom is 0.326 e. The number of likely N-dealkylation sites (tertiary alicyclic amines) is 3. The maximum atomic E-state index is 14.5.